The average Bonchev–Trinajstić information content (AvgIpc) is 2.85. The zero-order valence-corrected chi connectivity index (χ0v) is 15.9. The van der Waals surface area contributed by atoms with E-state index in [2.05, 4.69) is 44.2 Å². The van der Waals surface area contributed by atoms with Gasteiger partial charge >= 0.3 is 0 Å². The van der Waals surface area contributed by atoms with Crippen LogP contribution < -0.4 is 10.0 Å². The van der Waals surface area contributed by atoms with E-state index in [1.165, 1.54) is 6.26 Å². The summed E-state index contributed by atoms with van der Waals surface area (Å²) in [5.74, 6) is 0. The Balaban J connectivity index is 1.83. The van der Waals surface area contributed by atoms with Crippen LogP contribution in [-0.4, -0.2) is 14.7 Å². The van der Waals surface area contributed by atoms with Gasteiger partial charge in [-0.3, -0.25) is 0 Å². The van der Waals surface area contributed by atoms with E-state index in [9.17, 15) is 8.42 Å². The van der Waals surface area contributed by atoms with Crippen LogP contribution in [0.15, 0.2) is 65.1 Å². The normalized spacial score (nSPS) is 19.3. The zero-order chi connectivity index (χ0) is 17.6. The van der Waals surface area contributed by atoms with Gasteiger partial charge in [0, 0.05) is 10.2 Å². The number of nitrogens with one attached hydrogen (secondary N) is 2. The van der Waals surface area contributed by atoms with E-state index in [1.807, 2.05) is 42.5 Å². The molecule has 3 aromatic carbocycles. The summed E-state index contributed by atoms with van der Waals surface area (Å²) in [5.41, 5.74) is 3.06. The van der Waals surface area contributed by atoms with Gasteiger partial charge in [0.25, 0.3) is 0 Å². The third-order valence-corrected chi connectivity index (χ3v) is 5.69. The van der Waals surface area contributed by atoms with Crippen molar-refractivity contribution >= 4 is 42.4 Å². The summed E-state index contributed by atoms with van der Waals surface area (Å²) >= 11 is 3.44. The molecule has 0 spiro atoms. The van der Waals surface area contributed by atoms with Crippen molar-refractivity contribution in [3.63, 3.8) is 0 Å². The van der Waals surface area contributed by atoms with Crippen molar-refractivity contribution in [3.8, 4) is 0 Å². The maximum atomic E-state index is 12.0. The largest absolute Gasteiger partial charge is 0.376 e. The lowest BCUT2D eigenvalue weighted by Crippen LogP contribution is -2.32. The van der Waals surface area contributed by atoms with Crippen LogP contribution in [0.5, 0.6) is 0 Å². The van der Waals surface area contributed by atoms with Crippen molar-refractivity contribution in [2.75, 3.05) is 11.6 Å². The maximum absolute atomic E-state index is 12.0. The van der Waals surface area contributed by atoms with Gasteiger partial charge in [-0.15, -0.1) is 0 Å². The highest BCUT2D eigenvalue weighted by molar-refractivity contribution is 9.10. The van der Waals surface area contributed by atoms with Gasteiger partial charge in [-0.2, -0.15) is 0 Å². The molecule has 0 unspecified atom stereocenters. The second-order valence-corrected chi connectivity index (χ2v) is 8.98. The molecular weight excluding hydrogens is 400 g/mol. The Morgan fingerprint density at radius 1 is 0.880 bits per heavy atom. The fourth-order valence-electron chi connectivity index (χ4n) is 3.53. The lowest BCUT2D eigenvalue weighted by atomic mass is 10.0. The van der Waals surface area contributed by atoms with Gasteiger partial charge in [0.05, 0.1) is 18.3 Å². The Kier molecular flexibility index (Phi) is 4.06. The molecule has 0 fully saturated rings. The molecule has 0 bridgehead atoms. The smallest absolute Gasteiger partial charge is 0.209 e. The van der Waals surface area contributed by atoms with Crippen molar-refractivity contribution < 1.29 is 8.42 Å². The first-order valence-corrected chi connectivity index (χ1v) is 10.6. The molecule has 4 rings (SSSR count). The summed E-state index contributed by atoms with van der Waals surface area (Å²) in [6.45, 7) is 0. The number of benzene rings is 3. The van der Waals surface area contributed by atoms with Gasteiger partial charge in [-0.25, -0.2) is 13.1 Å². The molecule has 2 N–H and O–H groups in total. The molecule has 128 valence electrons. The van der Waals surface area contributed by atoms with E-state index in [1.54, 1.807) is 0 Å². The zero-order valence-electron chi connectivity index (χ0n) is 13.5. The van der Waals surface area contributed by atoms with Crippen molar-refractivity contribution in [2.45, 2.75) is 12.1 Å². The van der Waals surface area contributed by atoms with Crippen LogP contribution in [0.3, 0.4) is 0 Å². The summed E-state index contributed by atoms with van der Waals surface area (Å²) in [6, 6.07) is 19.5. The minimum Gasteiger partial charge on any atom is -0.376 e. The summed E-state index contributed by atoms with van der Waals surface area (Å²) < 4.78 is 27.7. The van der Waals surface area contributed by atoms with Gasteiger partial charge in [-0.05, 0) is 46.2 Å². The molecule has 6 heteroatoms. The summed E-state index contributed by atoms with van der Waals surface area (Å²) in [4.78, 5) is 0. The van der Waals surface area contributed by atoms with Crippen LogP contribution in [0.4, 0.5) is 5.69 Å². The highest BCUT2D eigenvalue weighted by Crippen LogP contribution is 2.45. The Morgan fingerprint density at radius 2 is 1.48 bits per heavy atom. The molecule has 0 radical (unpaired) electrons. The number of anilines is 1. The monoisotopic (exact) mass is 416 g/mol. The molecular formula is C19H17BrN2O2S. The highest BCUT2D eigenvalue weighted by atomic mass is 79.9. The van der Waals surface area contributed by atoms with Crippen molar-refractivity contribution in [3.05, 3.63) is 76.3 Å². The molecule has 25 heavy (non-hydrogen) atoms. The van der Waals surface area contributed by atoms with E-state index in [0.29, 0.717) is 0 Å². The SMILES string of the molecule is CS(=O)(=O)N[C@@H]1c2cccc3cccc(c23)[C@H]1Nc1ccc(Br)cc1. The molecule has 1 aliphatic carbocycles. The molecule has 0 aromatic heterocycles. The minimum absolute atomic E-state index is 0.169. The molecule has 0 amide bonds. The van der Waals surface area contributed by atoms with E-state index in [0.717, 1.165) is 32.1 Å². The predicted octanol–water partition coefficient (Wildman–Crippen LogP) is 4.36. The standard InChI is InChI=1S/C19H17BrN2O2S/c1-25(23,24)22-19-16-7-3-5-12-4-2-6-15(17(12)16)18(19)21-14-10-8-13(20)9-11-14/h2-11,18-19,21-22H,1H3/t18-,19-/m1/s1. The first kappa shape index (κ1) is 16.6. The van der Waals surface area contributed by atoms with Crippen molar-refractivity contribution in [2.24, 2.45) is 0 Å². The van der Waals surface area contributed by atoms with E-state index >= 15 is 0 Å². The first-order chi connectivity index (χ1) is 11.9. The second-order valence-electron chi connectivity index (χ2n) is 6.29. The quantitative estimate of drug-likeness (QED) is 0.663. The number of hydrogen-bond donors (Lipinski definition) is 2. The lowest BCUT2D eigenvalue weighted by molar-refractivity contribution is 0.539. The molecule has 0 saturated heterocycles. The van der Waals surface area contributed by atoms with E-state index < -0.39 is 10.0 Å². The number of halogens is 1. The van der Waals surface area contributed by atoms with Crippen LogP contribution in [0.2, 0.25) is 0 Å². The van der Waals surface area contributed by atoms with Gasteiger partial charge in [-0.1, -0.05) is 52.3 Å². The molecule has 2 atom stereocenters. The predicted molar refractivity (Wildman–Crippen MR) is 105 cm³/mol. The number of sulfonamides is 1. The molecule has 3 aromatic rings. The third kappa shape index (κ3) is 3.17. The maximum Gasteiger partial charge on any atom is 0.209 e. The Bertz CT molecular complexity index is 1040. The summed E-state index contributed by atoms with van der Waals surface area (Å²) in [6.07, 6.45) is 1.20. The number of hydrogen-bond acceptors (Lipinski definition) is 3. The minimum atomic E-state index is -3.35. The van der Waals surface area contributed by atoms with Gasteiger partial charge < -0.3 is 5.32 Å². The van der Waals surface area contributed by atoms with Crippen LogP contribution in [0.1, 0.15) is 23.2 Å². The fraction of sp³-hybridized carbons (Fsp3) is 0.158. The molecule has 0 aliphatic heterocycles. The molecule has 0 saturated carbocycles. The van der Waals surface area contributed by atoms with Crippen LogP contribution in [0, 0.1) is 0 Å². The van der Waals surface area contributed by atoms with Crippen LogP contribution in [0.25, 0.3) is 10.8 Å². The van der Waals surface area contributed by atoms with Crippen molar-refractivity contribution in [1.82, 2.24) is 4.72 Å². The Morgan fingerprint density at radius 3 is 2.08 bits per heavy atom. The Labute approximate surface area is 155 Å². The van der Waals surface area contributed by atoms with E-state index in [4.69, 9.17) is 0 Å². The van der Waals surface area contributed by atoms with Crippen LogP contribution >= 0.6 is 15.9 Å². The van der Waals surface area contributed by atoms with E-state index in [-0.39, 0.29) is 12.1 Å². The molecule has 1 aliphatic rings. The summed E-state index contributed by atoms with van der Waals surface area (Å²) in [5, 5.41) is 5.75. The van der Waals surface area contributed by atoms with Crippen LogP contribution in [-0.2, 0) is 10.0 Å². The Hall–Kier alpha value is -1.89. The third-order valence-electron chi connectivity index (χ3n) is 4.48. The highest BCUT2D eigenvalue weighted by Gasteiger charge is 2.35. The fourth-order valence-corrected chi connectivity index (χ4v) is 4.51. The topological polar surface area (TPSA) is 58.2 Å². The average molecular weight is 417 g/mol. The van der Waals surface area contributed by atoms with Gasteiger partial charge in [0.15, 0.2) is 0 Å². The molecule has 4 nitrogen and oxygen atoms in total. The number of rotatable bonds is 4. The van der Waals surface area contributed by atoms with Crippen molar-refractivity contribution in [1.29, 1.82) is 0 Å². The summed E-state index contributed by atoms with van der Waals surface area (Å²) in [7, 11) is -3.35. The second kappa shape index (κ2) is 6.12. The first-order valence-electron chi connectivity index (χ1n) is 7.93. The van der Waals surface area contributed by atoms with Gasteiger partial charge in [0.2, 0.25) is 10.0 Å². The van der Waals surface area contributed by atoms with Gasteiger partial charge in [0.1, 0.15) is 0 Å². The molecule has 0 heterocycles. The lowest BCUT2D eigenvalue weighted by Gasteiger charge is -2.24.